The molecule has 1 fully saturated rings. The lowest BCUT2D eigenvalue weighted by atomic mass is 9.89. The third-order valence-corrected chi connectivity index (χ3v) is 5.95. The van der Waals surface area contributed by atoms with Gasteiger partial charge in [-0.3, -0.25) is 0 Å². The van der Waals surface area contributed by atoms with Crippen LogP contribution < -0.4 is 16.0 Å². The van der Waals surface area contributed by atoms with E-state index in [4.69, 9.17) is 4.74 Å². The van der Waals surface area contributed by atoms with Crippen molar-refractivity contribution in [3.63, 3.8) is 0 Å². The van der Waals surface area contributed by atoms with Gasteiger partial charge in [0.05, 0.1) is 30.0 Å². The van der Waals surface area contributed by atoms with E-state index in [-0.39, 0.29) is 18.2 Å². The lowest BCUT2D eigenvalue weighted by molar-refractivity contribution is -0.0324. The Morgan fingerprint density at radius 3 is 2.81 bits per heavy atom. The van der Waals surface area contributed by atoms with Crippen LogP contribution in [-0.2, 0) is 16.9 Å². The predicted octanol–water partition coefficient (Wildman–Crippen LogP) is 3.06. The Morgan fingerprint density at radius 2 is 2.10 bits per heavy atom. The van der Waals surface area contributed by atoms with Crippen LogP contribution in [0.4, 0.5) is 22.0 Å². The van der Waals surface area contributed by atoms with Gasteiger partial charge in [0.1, 0.15) is 17.7 Å². The number of carbonyl (C=O) groups is 1. The van der Waals surface area contributed by atoms with Gasteiger partial charge >= 0.3 is 6.03 Å². The molecule has 1 saturated carbocycles. The van der Waals surface area contributed by atoms with Crippen molar-refractivity contribution in [3.8, 4) is 0 Å². The number of aliphatic hydroxyl groups is 1. The van der Waals surface area contributed by atoms with E-state index in [0.29, 0.717) is 23.6 Å². The van der Waals surface area contributed by atoms with Gasteiger partial charge in [0.15, 0.2) is 5.65 Å². The summed E-state index contributed by atoms with van der Waals surface area (Å²) in [6, 6.07) is 7.36. The monoisotopic (exact) mass is 422 g/mol. The number of nitrogens with one attached hydrogen (secondary N) is 3. The van der Waals surface area contributed by atoms with Gasteiger partial charge in [0, 0.05) is 18.8 Å². The topological polar surface area (TPSA) is 113 Å². The highest BCUT2D eigenvalue weighted by atomic mass is 16.5. The molecular formula is C22H26N6O3. The van der Waals surface area contributed by atoms with Gasteiger partial charge in [-0.2, -0.15) is 0 Å². The van der Waals surface area contributed by atoms with Gasteiger partial charge in [-0.15, -0.1) is 0 Å². The molecule has 1 aliphatic heterocycles. The quantitative estimate of drug-likeness (QED) is 0.502. The van der Waals surface area contributed by atoms with E-state index < -0.39 is 5.60 Å². The van der Waals surface area contributed by atoms with Crippen LogP contribution in [-0.4, -0.2) is 44.9 Å². The Balaban J connectivity index is 1.66. The van der Waals surface area contributed by atoms with Crippen LogP contribution in [0.1, 0.15) is 37.8 Å². The number of benzene rings is 1. The number of hydrogen-bond donors (Lipinski definition) is 4. The van der Waals surface area contributed by atoms with Crippen LogP contribution >= 0.6 is 0 Å². The molecule has 0 radical (unpaired) electrons. The first-order valence-corrected chi connectivity index (χ1v) is 10.4. The van der Waals surface area contributed by atoms with Gasteiger partial charge in [-0.1, -0.05) is 6.07 Å². The van der Waals surface area contributed by atoms with Crippen LogP contribution in [0.15, 0.2) is 30.6 Å². The number of nitrogens with zero attached hydrogens (tertiary/aromatic N) is 3. The molecule has 3 aromatic rings. The molecule has 0 unspecified atom stereocenters. The zero-order valence-electron chi connectivity index (χ0n) is 17.8. The third kappa shape index (κ3) is 3.60. The molecule has 4 bridgehead atoms. The fourth-order valence-corrected chi connectivity index (χ4v) is 4.01. The number of imidazole rings is 1. The number of pyridine rings is 1. The van der Waals surface area contributed by atoms with Crippen molar-refractivity contribution in [2.45, 2.75) is 51.0 Å². The molecule has 9 nitrogen and oxygen atoms in total. The van der Waals surface area contributed by atoms with E-state index in [1.54, 1.807) is 20.9 Å². The largest absolute Gasteiger partial charge is 0.386 e. The van der Waals surface area contributed by atoms with Crippen LogP contribution in [0.5, 0.6) is 0 Å². The molecule has 0 spiro atoms. The number of aromatic nitrogens is 3. The first-order valence-electron chi connectivity index (χ1n) is 10.4. The van der Waals surface area contributed by atoms with E-state index in [2.05, 4.69) is 25.9 Å². The second-order valence-electron chi connectivity index (χ2n) is 8.68. The molecule has 2 atom stereocenters. The van der Waals surface area contributed by atoms with Gasteiger partial charge in [0.2, 0.25) is 0 Å². The molecule has 31 heavy (non-hydrogen) atoms. The lowest BCUT2D eigenvalue weighted by Gasteiger charge is -2.37. The normalized spacial score (nSPS) is 21.0. The van der Waals surface area contributed by atoms with E-state index in [1.807, 2.05) is 24.3 Å². The highest BCUT2D eigenvalue weighted by Gasteiger charge is 2.34. The van der Waals surface area contributed by atoms with Crippen molar-refractivity contribution in [1.29, 1.82) is 0 Å². The first kappa shape index (κ1) is 19.8. The minimum absolute atomic E-state index is 0.0553. The average Bonchev–Trinajstić information content (AvgIpc) is 3.13. The molecule has 2 aromatic heterocycles. The maximum Gasteiger partial charge on any atom is 0.328 e. The summed E-state index contributed by atoms with van der Waals surface area (Å²) in [7, 11) is 1.80. The summed E-state index contributed by atoms with van der Waals surface area (Å²) in [5.41, 5.74) is 3.33. The summed E-state index contributed by atoms with van der Waals surface area (Å²) in [5.74, 6) is 0.560. The maximum absolute atomic E-state index is 12.9. The Hall–Kier alpha value is -3.17. The zero-order valence-corrected chi connectivity index (χ0v) is 17.8. The lowest BCUT2D eigenvalue weighted by Crippen LogP contribution is -2.52. The predicted molar refractivity (Wildman–Crippen MR) is 118 cm³/mol. The molecule has 4 N–H and O–H groups in total. The van der Waals surface area contributed by atoms with Crippen molar-refractivity contribution in [3.05, 3.63) is 41.7 Å². The number of carbonyl (C=O) groups excluding carboxylic acids is 1. The summed E-state index contributed by atoms with van der Waals surface area (Å²) >= 11 is 0. The van der Waals surface area contributed by atoms with Crippen LogP contribution in [0.3, 0.4) is 0 Å². The summed E-state index contributed by atoms with van der Waals surface area (Å²) in [6.07, 6.45) is 3.18. The van der Waals surface area contributed by atoms with Crippen LogP contribution in [0.25, 0.3) is 11.2 Å². The standard InChI is InChI=1S/C22H26N6O3/c1-22(2,30)13-6-12-7-14(8-13)25-18-9-16(23-3)19-20(27-18)28(11-24-19)21(29)26-15-4-5-17(15)31-10-12/h6-9,11,15,17,30H,4-5,10H2,1-3H3,(H,26,29)(H2,23,25,27)/t15-,17-/m1/s1. The molecule has 9 heteroatoms. The summed E-state index contributed by atoms with van der Waals surface area (Å²) in [4.78, 5) is 22.0. The van der Waals surface area contributed by atoms with Crippen molar-refractivity contribution in [2.24, 2.45) is 0 Å². The number of rotatable bonds is 2. The van der Waals surface area contributed by atoms with Gasteiger partial charge < -0.3 is 25.8 Å². The second kappa shape index (κ2) is 7.21. The van der Waals surface area contributed by atoms with Crippen molar-refractivity contribution in [2.75, 3.05) is 17.7 Å². The molecule has 1 amide bonds. The number of fused-ring (bicyclic) bond motifs is 4. The number of anilines is 3. The number of amides is 1. The van der Waals surface area contributed by atoms with E-state index in [9.17, 15) is 9.90 Å². The Labute approximate surface area is 179 Å². The molecule has 162 valence electrons. The highest BCUT2D eigenvalue weighted by Crippen LogP contribution is 2.31. The Kier molecular flexibility index (Phi) is 4.60. The summed E-state index contributed by atoms with van der Waals surface area (Å²) in [6.45, 7) is 3.91. The molecule has 1 aromatic carbocycles. The molecule has 2 aliphatic rings. The number of hydrogen-bond acceptors (Lipinski definition) is 7. The summed E-state index contributed by atoms with van der Waals surface area (Å²) in [5, 5.41) is 20.1. The fourth-order valence-electron chi connectivity index (χ4n) is 4.01. The van der Waals surface area contributed by atoms with Gasteiger partial charge in [0.25, 0.3) is 0 Å². The zero-order chi connectivity index (χ0) is 21.8. The van der Waals surface area contributed by atoms with Gasteiger partial charge in [-0.05, 0) is 49.9 Å². The number of ether oxygens (including phenoxy) is 1. The maximum atomic E-state index is 12.9. The van der Waals surface area contributed by atoms with E-state index >= 15 is 0 Å². The summed E-state index contributed by atoms with van der Waals surface area (Å²) < 4.78 is 7.54. The molecule has 3 heterocycles. The molecule has 5 rings (SSSR count). The minimum atomic E-state index is -1.00. The minimum Gasteiger partial charge on any atom is -0.386 e. The SMILES string of the molecule is CNc1cc2nc3c1ncn3C(=O)N[C@@H]1CC[C@H]1OCc1cc(cc(C(C)(C)O)c1)N2. The van der Waals surface area contributed by atoms with E-state index in [0.717, 1.165) is 35.3 Å². The van der Waals surface area contributed by atoms with E-state index in [1.165, 1.54) is 10.9 Å². The van der Waals surface area contributed by atoms with Crippen LogP contribution in [0, 0.1) is 0 Å². The average molecular weight is 422 g/mol. The third-order valence-electron chi connectivity index (χ3n) is 5.95. The fraction of sp³-hybridized carbons (Fsp3) is 0.409. The highest BCUT2D eigenvalue weighted by molar-refractivity contribution is 5.94. The second-order valence-corrected chi connectivity index (χ2v) is 8.68. The van der Waals surface area contributed by atoms with Crippen molar-refractivity contribution in [1.82, 2.24) is 19.9 Å². The first-order chi connectivity index (χ1) is 14.8. The molecule has 0 saturated heterocycles. The molecular weight excluding hydrogens is 396 g/mol. The van der Waals surface area contributed by atoms with Gasteiger partial charge in [-0.25, -0.2) is 19.3 Å². The smallest absolute Gasteiger partial charge is 0.328 e. The van der Waals surface area contributed by atoms with Crippen molar-refractivity contribution < 1.29 is 14.6 Å². The van der Waals surface area contributed by atoms with Crippen molar-refractivity contribution >= 4 is 34.4 Å². The molecule has 1 aliphatic carbocycles. The Morgan fingerprint density at radius 1 is 1.26 bits per heavy atom. The Bertz CT molecular complexity index is 1170. The van der Waals surface area contributed by atoms with Crippen LogP contribution in [0.2, 0.25) is 0 Å².